The van der Waals surface area contributed by atoms with Crippen molar-refractivity contribution >= 4 is 60.8 Å². The van der Waals surface area contributed by atoms with E-state index in [0.717, 1.165) is 5.56 Å². The number of benzene rings is 8. The molecule has 1 unspecified atom stereocenters. The molecule has 0 aliphatic heterocycles. The molecule has 0 fully saturated rings. The average Bonchev–Trinajstić information content (AvgIpc) is 3.24. The van der Waals surface area contributed by atoms with E-state index in [2.05, 4.69) is 177 Å². The maximum absolute atomic E-state index is 13.3. The Bertz CT molecular complexity index is 2210. The van der Waals surface area contributed by atoms with E-state index in [1.807, 2.05) is 36.4 Å². The number of hydrogen-bond donors (Lipinski definition) is 0. The topological polar surface area (TPSA) is 17.1 Å². The third-order valence-electron chi connectivity index (χ3n) is 10.5. The van der Waals surface area contributed by atoms with Crippen LogP contribution in [0.4, 0.5) is 0 Å². The van der Waals surface area contributed by atoms with Gasteiger partial charge in [0.1, 0.15) is 0 Å². The summed E-state index contributed by atoms with van der Waals surface area (Å²) in [7, 11) is -0.381. The van der Waals surface area contributed by atoms with Crippen molar-refractivity contribution in [2.45, 2.75) is 35.9 Å². The minimum atomic E-state index is -0.913. The Kier molecular flexibility index (Phi) is 11.6. The van der Waals surface area contributed by atoms with Gasteiger partial charge < -0.3 is 0 Å². The van der Waals surface area contributed by atoms with Crippen LogP contribution in [-0.2, 0) is 10.9 Å². The first kappa shape index (κ1) is 35.8. The normalized spacial score (nSPS) is 11.8. The molecule has 0 N–H and O–H groups in total. The van der Waals surface area contributed by atoms with Gasteiger partial charge in [-0.3, -0.25) is 4.79 Å². The van der Waals surface area contributed by atoms with Gasteiger partial charge in [-0.25, -0.2) is 0 Å². The van der Waals surface area contributed by atoms with Crippen LogP contribution in [0, 0.1) is 0 Å². The van der Waals surface area contributed by atoms with Gasteiger partial charge in [0.05, 0.1) is 17.0 Å². The monoisotopic (exact) mass is 704 g/mol. The van der Waals surface area contributed by atoms with Gasteiger partial charge in [0.25, 0.3) is 0 Å². The molecular formula is C50H45BOS. The number of unbranched alkanes of at least 4 members (excludes halogenated alkanes) is 1. The van der Waals surface area contributed by atoms with Crippen molar-refractivity contribution in [3.05, 3.63) is 212 Å². The third-order valence-corrected chi connectivity index (χ3v) is 12.8. The van der Waals surface area contributed by atoms with Gasteiger partial charge in [-0.1, -0.05) is 196 Å². The minimum Gasteiger partial charge on any atom is -0.289 e. The highest BCUT2D eigenvalue weighted by molar-refractivity contribution is 7.98. The lowest BCUT2D eigenvalue weighted by Gasteiger charge is -2.43. The number of carbonyl (C=O) groups is 1. The summed E-state index contributed by atoms with van der Waals surface area (Å²) in [6, 6.07) is 72.6. The van der Waals surface area contributed by atoms with Crippen LogP contribution in [0.25, 0.3) is 21.5 Å². The maximum Gasteiger partial charge on any atom is 0.212 e. The number of hydrogen-bond acceptors (Lipinski definition) is 1. The molecule has 0 bridgehead atoms. The predicted octanol–water partition coefficient (Wildman–Crippen LogP) is 10.9. The largest absolute Gasteiger partial charge is 0.289 e. The Balaban J connectivity index is 0.000000170. The molecule has 8 aromatic rings. The molecule has 0 heterocycles. The lowest BCUT2D eigenvalue weighted by molar-refractivity contribution is 0.102. The zero-order valence-corrected chi connectivity index (χ0v) is 31.2. The van der Waals surface area contributed by atoms with Gasteiger partial charge in [-0.05, 0) is 41.1 Å². The van der Waals surface area contributed by atoms with Crippen LogP contribution in [0.1, 0.15) is 30.1 Å². The highest BCUT2D eigenvalue weighted by atomic mass is 32.2. The van der Waals surface area contributed by atoms with E-state index < -0.39 is 6.15 Å². The second-order valence-corrected chi connectivity index (χ2v) is 15.7. The predicted molar refractivity (Wildman–Crippen MR) is 231 cm³/mol. The van der Waals surface area contributed by atoms with Crippen LogP contribution >= 0.6 is 0 Å². The molecular weight excluding hydrogens is 659 g/mol. The fourth-order valence-corrected chi connectivity index (χ4v) is 10.2. The standard InChI is InChI=1S/C28H21OS.C22H24B/c29-27(21-11-3-1-4-12-21)20-30(24-15-5-2-6-16-24)28-25-17-9-7-13-22(25)19-23-14-8-10-18-26(23)28;1-2-3-19-23(20-13-7-4-8-14-20,21-15-9-5-10-16-21)22-17-11-6-12-18-22/h1-19H,20H2;4-18H,2-3,19H2,1H3/q+1;-1. The number of rotatable bonds is 11. The van der Waals surface area contributed by atoms with Gasteiger partial charge in [-0.15, -0.1) is 0 Å². The molecule has 53 heavy (non-hydrogen) atoms. The Morgan fingerprint density at radius 1 is 0.491 bits per heavy atom. The summed E-state index contributed by atoms with van der Waals surface area (Å²) in [6.07, 6.45) is 2.73. The quantitative estimate of drug-likeness (QED) is 0.0567. The molecule has 3 heteroatoms. The molecule has 8 aromatic carbocycles. The average molecular weight is 705 g/mol. The van der Waals surface area contributed by atoms with Gasteiger partial charge in [-0.2, -0.15) is 22.7 Å². The summed E-state index contributed by atoms with van der Waals surface area (Å²) in [5, 5.41) is 4.88. The van der Waals surface area contributed by atoms with Gasteiger partial charge in [0, 0.05) is 16.3 Å². The molecule has 0 saturated carbocycles. The molecule has 1 nitrogen and oxygen atoms in total. The summed E-state index contributed by atoms with van der Waals surface area (Å²) in [6.45, 7) is 2.28. The first-order chi connectivity index (χ1) is 26.2. The van der Waals surface area contributed by atoms with Crippen LogP contribution in [0.2, 0.25) is 6.32 Å². The second kappa shape index (κ2) is 17.3. The minimum absolute atomic E-state index is 0.180. The maximum atomic E-state index is 13.3. The Hall–Kier alpha value is -5.64. The molecule has 1 atom stereocenters. The molecule has 8 rings (SSSR count). The molecule has 0 aromatic heterocycles. The van der Waals surface area contributed by atoms with E-state index >= 15 is 0 Å². The van der Waals surface area contributed by atoms with E-state index in [1.165, 1.54) is 66.9 Å². The summed E-state index contributed by atoms with van der Waals surface area (Å²) in [5.74, 6) is 0.645. The SMILES string of the molecule is CCCC[B-](c1ccccc1)(c1ccccc1)c1ccccc1.O=C(C[S+](c1ccccc1)c1c2ccccc2cc2ccccc12)c1ccccc1. The smallest absolute Gasteiger partial charge is 0.212 e. The molecule has 0 spiro atoms. The summed E-state index contributed by atoms with van der Waals surface area (Å²) in [5.41, 5.74) is 5.10. The van der Waals surface area contributed by atoms with Gasteiger partial charge >= 0.3 is 0 Å². The molecule has 0 aliphatic rings. The second-order valence-electron chi connectivity index (χ2n) is 13.7. The number of carbonyl (C=O) groups excluding carboxylic acids is 1. The van der Waals surface area contributed by atoms with Crippen LogP contribution in [0.15, 0.2) is 216 Å². The fourth-order valence-electron chi connectivity index (χ4n) is 7.87. The van der Waals surface area contributed by atoms with Crippen LogP contribution < -0.4 is 16.4 Å². The number of ketones is 1. The Morgan fingerprint density at radius 3 is 1.34 bits per heavy atom. The Labute approximate surface area is 317 Å². The Morgan fingerprint density at radius 2 is 0.887 bits per heavy atom. The van der Waals surface area contributed by atoms with Crippen molar-refractivity contribution in [3.63, 3.8) is 0 Å². The zero-order valence-electron chi connectivity index (χ0n) is 30.4. The molecule has 0 aliphatic carbocycles. The van der Waals surface area contributed by atoms with Crippen molar-refractivity contribution < 1.29 is 4.79 Å². The highest BCUT2D eigenvalue weighted by Crippen LogP contribution is 2.37. The van der Waals surface area contributed by atoms with Crippen LogP contribution in [0.5, 0.6) is 0 Å². The van der Waals surface area contributed by atoms with Crippen molar-refractivity contribution in [2.75, 3.05) is 5.75 Å². The third kappa shape index (κ3) is 7.92. The number of Topliss-reactive ketones (excluding diaryl/α,β-unsaturated/α-hetero) is 1. The number of fused-ring (bicyclic) bond motifs is 2. The zero-order chi connectivity index (χ0) is 36.3. The van der Waals surface area contributed by atoms with E-state index in [-0.39, 0.29) is 16.7 Å². The van der Waals surface area contributed by atoms with Crippen molar-refractivity contribution in [1.29, 1.82) is 0 Å². The summed E-state index contributed by atoms with van der Waals surface area (Å²) < 4.78 is 0. The van der Waals surface area contributed by atoms with Crippen LogP contribution in [-0.4, -0.2) is 17.7 Å². The van der Waals surface area contributed by atoms with Crippen LogP contribution in [0.3, 0.4) is 0 Å². The first-order valence-corrected chi connectivity index (χ1v) is 20.2. The summed E-state index contributed by atoms with van der Waals surface area (Å²) >= 11 is 0. The molecule has 0 radical (unpaired) electrons. The van der Waals surface area contributed by atoms with Gasteiger partial charge in [0.15, 0.2) is 15.5 Å². The van der Waals surface area contributed by atoms with E-state index in [9.17, 15) is 4.79 Å². The van der Waals surface area contributed by atoms with Gasteiger partial charge in [0.2, 0.25) is 5.78 Å². The van der Waals surface area contributed by atoms with Crippen molar-refractivity contribution in [2.24, 2.45) is 0 Å². The lowest BCUT2D eigenvalue weighted by Crippen LogP contribution is -2.66. The first-order valence-electron chi connectivity index (χ1n) is 18.8. The molecule has 260 valence electrons. The summed E-state index contributed by atoms with van der Waals surface area (Å²) in [4.78, 5) is 15.7. The van der Waals surface area contributed by atoms with Crippen molar-refractivity contribution in [3.8, 4) is 0 Å². The van der Waals surface area contributed by atoms with E-state index in [0.29, 0.717) is 5.75 Å². The lowest BCUT2D eigenvalue weighted by atomic mass is 9.14. The van der Waals surface area contributed by atoms with E-state index in [4.69, 9.17) is 0 Å². The van der Waals surface area contributed by atoms with Crippen molar-refractivity contribution in [1.82, 2.24) is 0 Å². The fraction of sp³-hybridized carbons (Fsp3) is 0.100. The highest BCUT2D eigenvalue weighted by Gasteiger charge is 2.33. The molecule has 0 saturated heterocycles. The van der Waals surface area contributed by atoms with E-state index in [1.54, 1.807) is 0 Å². The molecule has 0 amide bonds.